The van der Waals surface area contributed by atoms with Gasteiger partial charge in [-0.3, -0.25) is 0 Å². The van der Waals surface area contributed by atoms with Gasteiger partial charge in [0.25, 0.3) is 0 Å². The molecular weight excluding hydrogens is 198 g/mol. The maximum atomic E-state index is 8.63. The zero-order valence-corrected chi connectivity index (χ0v) is 9.82. The average molecular weight is 217 g/mol. The number of para-hydroxylation sites is 1. The van der Waals surface area contributed by atoms with Gasteiger partial charge < -0.3 is 10.6 Å². The summed E-state index contributed by atoms with van der Waals surface area (Å²) in [6.07, 6.45) is 1.45. The molecule has 0 atom stereocenters. The van der Waals surface area contributed by atoms with Gasteiger partial charge in [-0.15, -0.1) is 0 Å². The van der Waals surface area contributed by atoms with Gasteiger partial charge >= 0.3 is 0 Å². The van der Waals surface area contributed by atoms with E-state index in [2.05, 4.69) is 30.0 Å². The fourth-order valence-corrected chi connectivity index (χ4v) is 1.82. The third-order valence-electron chi connectivity index (χ3n) is 2.62. The molecule has 0 saturated heterocycles. The molecule has 0 amide bonds. The van der Waals surface area contributed by atoms with Crippen molar-refractivity contribution in [1.82, 2.24) is 0 Å². The summed E-state index contributed by atoms with van der Waals surface area (Å²) in [5, 5.41) is 8.63. The highest BCUT2D eigenvalue weighted by Gasteiger charge is 2.07. The van der Waals surface area contributed by atoms with Crippen LogP contribution in [0.1, 0.15) is 18.9 Å². The van der Waals surface area contributed by atoms with Crippen LogP contribution in [0.4, 0.5) is 5.69 Å². The third kappa shape index (κ3) is 3.25. The predicted molar refractivity (Wildman–Crippen MR) is 67.3 cm³/mol. The van der Waals surface area contributed by atoms with Crippen LogP contribution in [0.15, 0.2) is 24.3 Å². The minimum Gasteiger partial charge on any atom is -0.371 e. The first-order valence-corrected chi connectivity index (χ1v) is 5.73. The lowest BCUT2D eigenvalue weighted by molar-refractivity contribution is 0.815. The number of hydrogen-bond donors (Lipinski definition) is 1. The molecule has 0 aliphatic heterocycles. The van der Waals surface area contributed by atoms with Gasteiger partial charge in [-0.2, -0.15) is 5.26 Å². The molecule has 16 heavy (non-hydrogen) atoms. The molecule has 1 rings (SSSR count). The first kappa shape index (κ1) is 12.5. The molecule has 0 bridgehead atoms. The van der Waals surface area contributed by atoms with Crippen LogP contribution in [0.3, 0.4) is 0 Å². The minimum atomic E-state index is 0.560. The summed E-state index contributed by atoms with van der Waals surface area (Å²) >= 11 is 0. The summed E-state index contributed by atoms with van der Waals surface area (Å²) in [6.45, 7) is 4.47. The summed E-state index contributed by atoms with van der Waals surface area (Å²) < 4.78 is 0. The van der Waals surface area contributed by atoms with Crippen LogP contribution in [0.2, 0.25) is 0 Å². The molecule has 0 unspecified atom stereocenters. The number of hydrogen-bond acceptors (Lipinski definition) is 3. The SMILES string of the molecule is CCN(CCC#N)c1ccccc1CCN. The largest absolute Gasteiger partial charge is 0.371 e. The molecule has 0 spiro atoms. The molecule has 1 aromatic rings. The molecule has 3 nitrogen and oxygen atoms in total. The van der Waals surface area contributed by atoms with Crippen LogP contribution in [-0.2, 0) is 6.42 Å². The van der Waals surface area contributed by atoms with Gasteiger partial charge in [0.05, 0.1) is 12.5 Å². The Bertz CT molecular complexity index is 354. The van der Waals surface area contributed by atoms with E-state index in [1.165, 1.54) is 11.3 Å². The second-order valence-corrected chi connectivity index (χ2v) is 3.66. The first-order valence-electron chi connectivity index (χ1n) is 5.73. The lowest BCUT2D eigenvalue weighted by Gasteiger charge is -2.24. The van der Waals surface area contributed by atoms with Crippen molar-refractivity contribution in [1.29, 1.82) is 5.26 Å². The molecule has 0 aliphatic carbocycles. The van der Waals surface area contributed by atoms with E-state index in [0.717, 1.165) is 19.5 Å². The van der Waals surface area contributed by atoms with Crippen molar-refractivity contribution in [2.24, 2.45) is 5.73 Å². The van der Waals surface area contributed by atoms with Gasteiger partial charge in [0.15, 0.2) is 0 Å². The summed E-state index contributed by atoms with van der Waals surface area (Å²) in [7, 11) is 0. The van der Waals surface area contributed by atoms with Crippen LogP contribution >= 0.6 is 0 Å². The van der Waals surface area contributed by atoms with Crippen molar-refractivity contribution in [2.45, 2.75) is 19.8 Å². The zero-order chi connectivity index (χ0) is 11.8. The van der Waals surface area contributed by atoms with Gasteiger partial charge in [-0.25, -0.2) is 0 Å². The summed E-state index contributed by atoms with van der Waals surface area (Å²) in [5.74, 6) is 0. The Balaban J connectivity index is 2.86. The molecule has 1 aromatic carbocycles. The van der Waals surface area contributed by atoms with Crippen LogP contribution < -0.4 is 10.6 Å². The number of nitrogens with two attached hydrogens (primary N) is 1. The number of nitriles is 1. The number of nitrogens with zero attached hydrogens (tertiary/aromatic N) is 2. The Morgan fingerprint density at radius 2 is 2.12 bits per heavy atom. The Labute approximate surface area is 97.5 Å². The highest BCUT2D eigenvalue weighted by atomic mass is 15.1. The normalized spacial score (nSPS) is 9.81. The highest BCUT2D eigenvalue weighted by molar-refractivity contribution is 5.53. The Hall–Kier alpha value is -1.53. The number of anilines is 1. The van der Waals surface area contributed by atoms with Crippen molar-refractivity contribution < 1.29 is 0 Å². The molecule has 3 heteroatoms. The van der Waals surface area contributed by atoms with Crippen molar-refractivity contribution in [3.63, 3.8) is 0 Å². The van der Waals surface area contributed by atoms with E-state index in [1.54, 1.807) is 0 Å². The van der Waals surface area contributed by atoms with Gasteiger partial charge in [0.1, 0.15) is 0 Å². The molecule has 0 aliphatic rings. The second-order valence-electron chi connectivity index (χ2n) is 3.66. The van der Waals surface area contributed by atoms with E-state index in [9.17, 15) is 0 Å². The van der Waals surface area contributed by atoms with Crippen molar-refractivity contribution in [2.75, 3.05) is 24.5 Å². The molecule has 86 valence electrons. The highest BCUT2D eigenvalue weighted by Crippen LogP contribution is 2.20. The Morgan fingerprint density at radius 1 is 1.38 bits per heavy atom. The Kier molecular flexibility index (Phi) is 5.38. The van der Waals surface area contributed by atoms with E-state index in [1.807, 2.05) is 12.1 Å². The summed E-state index contributed by atoms with van der Waals surface area (Å²) in [6, 6.07) is 10.5. The van der Waals surface area contributed by atoms with Crippen LogP contribution in [0.5, 0.6) is 0 Å². The summed E-state index contributed by atoms with van der Waals surface area (Å²) in [5.41, 5.74) is 8.08. The van der Waals surface area contributed by atoms with E-state index in [0.29, 0.717) is 13.0 Å². The van der Waals surface area contributed by atoms with Gasteiger partial charge in [-0.05, 0) is 31.5 Å². The van der Waals surface area contributed by atoms with Crippen LogP contribution in [-0.4, -0.2) is 19.6 Å². The topological polar surface area (TPSA) is 53.0 Å². The van der Waals surface area contributed by atoms with Crippen LogP contribution in [0, 0.1) is 11.3 Å². The molecule has 0 fully saturated rings. The monoisotopic (exact) mass is 217 g/mol. The Morgan fingerprint density at radius 3 is 2.75 bits per heavy atom. The van der Waals surface area contributed by atoms with Crippen molar-refractivity contribution in [3.05, 3.63) is 29.8 Å². The maximum absolute atomic E-state index is 8.63. The smallest absolute Gasteiger partial charge is 0.0640 e. The van der Waals surface area contributed by atoms with E-state index >= 15 is 0 Å². The lowest BCUT2D eigenvalue weighted by atomic mass is 10.1. The molecule has 2 N–H and O–H groups in total. The third-order valence-corrected chi connectivity index (χ3v) is 2.62. The predicted octanol–water partition coefficient (Wildman–Crippen LogP) is 1.93. The van der Waals surface area contributed by atoms with Gasteiger partial charge in [-0.1, -0.05) is 18.2 Å². The first-order chi connectivity index (χ1) is 7.83. The fraction of sp³-hybridized carbons (Fsp3) is 0.462. The molecule has 0 radical (unpaired) electrons. The summed E-state index contributed by atoms with van der Waals surface area (Å²) in [4.78, 5) is 2.23. The average Bonchev–Trinajstić information content (AvgIpc) is 2.32. The van der Waals surface area contributed by atoms with E-state index in [4.69, 9.17) is 11.0 Å². The molecule has 0 saturated carbocycles. The fourth-order valence-electron chi connectivity index (χ4n) is 1.82. The lowest BCUT2D eigenvalue weighted by Crippen LogP contribution is -2.25. The van der Waals surface area contributed by atoms with E-state index in [-0.39, 0.29) is 0 Å². The van der Waals surface area contributed by atoms with Crippen molar-refractivity contribution in [3.8, 4) is 6.07 Å². The molecular formula is C13H19N3. The second kappa shape index (κ2) is 6.86. The maximum Gasteiger partial charge on any atom is 0.0640 e. The molecule has 0 heterocycles. The minimum absolute atomic E-state index is 0.560. The number of benzene rings is 1. The zero-order valence-electron chi connectivity index (χ0n) is 9.82. The standard InChI is InChI=1S/C13H19N3/c1-2-16(11-5-9-14)13-7-4-3-6-12(13)8-10-15/h3-4,6-7H,2,5,8,10-11,15H2,1H3. The quantitative estimate of drug-likeness (QED) is 0.792. The number of rotatable bonds is 6. The van der Waals surface area contributed by atoms with Gasteiger partial charge in [0, 0.05) is 18.8 Å². The molecule has 0 aromatic heterocycles. The van der Waals surface area contributed by atoms with E-state index < -0.39 is 0 Å². The van der Waals surface area contributed by atoms with Crippen molar-refractivity contribution >= 4 is 5.69 Å². The van der Waals surface area contributed by atoms with Crippen LogP contribution in [0.25, 0.3) is 0 Å². The van der Waals surface area contributed by atoms with Gasteiger partial charge in [0.2, 0.25) is 0 Å².